The van der Waals surface area contributed by atoms with Crippen LogP contribution in [0, 0.1) is 17.8 Å². The third-order valence-corrected chi connectivity index (χ3v) is 7.49. The maximum atomic E-state index is 13.5. The number of imide groups is 1. The molecule has 1 aliphatic carbocycles. The van der Waals surface area contributed by atoms with Crippen LogP contribution < -0.4 is 4.90 Å². The number of para-hydroxylation sites is 1. The van der Waals surface area contributed by atoms with E-state index in [1.54, 1.807) is 18.2 Å². The van der Waals surface area contributed by atoms with Gasteiger partial charge in [-0.25, -0.2) is 0 Å². The van der Waals surface area contributed by atoms with Crippen molar-refractivity contribution in [2.45, 2.75) is 52.1 Å². The molecule has 2 fully saturated rings. The number of amides is 2. The van der Waals surface area contributed by atoms with Crippen LogP contribution >= 0.6 is 0 Å². The Hall–Kier alpha value is -2.94. The van der Waals surface area contributed by atoms with Gasteiger partial charge < -0.3 is 19.2 Å². The Labute approximate surface area is 205 Å². The van der Waals surface area contributed by atoms with Gasteiger partial charge >= 0.3 is 7.12 Å². The number of hydrogen-bond donors (Lipinski definition) is 2. The summed E-state index contributed by atoms with van der Waals surface area (Å²) in [4.78, 5) is 28.2. The lowest BCUT2D eigenvalue weighted by Crippen LogP contribution is -2.46. The fourth-order valence-electron chi connectivity index (χ4n) is 5.98. The number of nitrogens with zero attached hydrogens (tertiary/aromatic N) is 1. The first-order chi connectivity index (χ1) is 16.9. The van der Waals surface area contributed by atoms with Gasteiger partial charge in [0.2, 0.25) is 11.8 Å². The number of rotatable bonds is 6. The van der Waals surface area contributed by atoms with Crippen molar-refractivity contribution >= 4 is 30.7 Å². The molecule has 8 heteroatoms. The summed E-state index contributed by atoms with van der Waals surface area (Å²) < 4.78 is 11.5. The lowest BCUT2D eigenvalue weighted by atomic mass is 9.59. The Bertz CT molecular complexity index is 1190. The fourth-order valence-corrected chi connectivity index (χ4v) is 5.98. The van der Waals surface area contributed by atoms with E-state index in [0.29, 0.717) is 42.8 Å². The van der Waals surface area contributed by atoms with Crippen molar-refractivity contribution in [3.8, 4) is 0 Å². The van der Waals surface area contributed by atoms with E-state index in [9.17, 15) is 19.7 Å². The molecule has 2 N–H and O–H groups in total. The van der Waals surface area contributed by atoms with Gasteiger partial charge in [-0.1, -0.05) is 29.3 Å². The summed E-state index contributed by atoms with van der Waals surface area (Å²) in [6, 6.07) is 12.6. The zero-order valence-electron chi connectivity index (χ0n) is 20.0. The fraction of sp³-hybridized carbons (Fsp3) is 0.407. The number of carbonyl (C=O) groups is 2. The van der Waals surface area contributed by atoms with Crippen LogP contribution in [0.5, 0.6) is 0 Å². The van der Waals surface area contributed by atoms with Crippen LogP contribution in [0.25, 0.3) is 6.08 Å². The van der Waals surface area contributed by atoms with Gasteiger partial charge in [0, 0.05) is 0 Å². The molecular formula is C27H30BNO6. The van der Waals surface area contributed by atoms with Gasteiger partial charge in [-0.15, -0.1) is 0 Å². The Morgan fingerprint density at radius 3 is 2.63 bits per heavy atom. The normalized spacial score (nSPS) is 26.9. The Kier molecular flexibility index (Phi) is 6.53. The maximum Gasteiger partial charge on any atom is 0.455 e. The average Bonchev–Trinajstić information content (AvgIpc) is 3.39. The number of carbonyl (C=O) groups excluding carboxylic acids is 2. The number of anilines is 1. The number of hydrogen-bond acceptors (Lipinski definition) is 6. The summed E-state index contributed by atoms with van der Waals surface area (Å²) in [5.74, 6) is -0.217. The Balaban J connectivity index is 1.37. The number of fused-ring (bicyclic) bond motifs is 3. The zero-order valence-corrected chi connectivity index (χ0v) is 20.0. The van der Waals surface area contributed by atoms with E-state index < -0.39 is 19.0 Å². The lowest BCUT2D eigenvalue weighted by Gasteiger charge is -2.42. The molecule has 0 unspecified atom stereocenters. The molecule has 5 rings (SSSR count). The van der Waals surface area contributed by atoms with E-state index in [0.717, 1.165) is 16.7 Å². The standard InChI is InChI=1S/C27H30BNO6/c1-16(12-19-9-10-20(15-30)34-19)8-11-23-24-17(2)13-21-25(22(24)14-28(33)35-23)27(32)29(26(21)31)18-6-4-3-5-7-18/h3-7,9-10,12,21-23,25,30,33H,8,11,13-15H2,1-2H3/b16-12+/t21-,22+,23-,25-/m1/s1. The van der Waals surface area contributed by atoms with E-state index in [-0.39, 0.29) is 30.4 Å². The topological polar surface area (TPSA) is 100 Å². The number of aliphatic hydroxyl groups excluding tert-OH is 1. The minimum atomic E-state index is -0.976. The van der Waals surface area contributed by atoms with Gasteiger partial charge in [-0.05, 0) is 81.3 Å². The molecule has 3 aliphatic rings. The first kappa shape index (κ1) is 23.8. The summed E-state index contributed by atoms with van der Waals surface area (Å²) in [6.07, 6.45) is 3.84. The van der Waals surface area contributed by atoms with Crippen molar-refractivity contribution in [2.24, 2.45) is 17.8 Å². The van der Waals surface area contributed by atoms with Crippen LogP contribution in [-0.4, -0.2) is 35.2 Å². The van der Waals surface area contributed by atoms with E-state index in [1.165, 1.54) is 4.90 Å². The van der Waals surface area contributed by atoms with Crippen molar-refractivity contribution in [1.82, 2.24) is 0 Å². The van der Waals surface area contributed by atoms with E-state index in [1.807, 2.05) is 44.2 Å². The first-order valence-electron chi connectivity index (χ1n) is 12.2. The smallest absolute Gasteiger partial charge is 0.455 e. The quantitative estimate of drug-likeness (QED) is 0.373. The third kappa shape index (κ3) is 4.42. The molecule has 0 spiro atoms. The van der Waals surface area contributed by atoms with Crippen LogP contribution in [0.15, 0.2) is 63.6 Å². The molecule has 182 valence electrons. The molecule has 2 saturated heterocycles. The number of benzene rings is 1. The molecule has 2 aromatic rings. The molecule has 3 heterocycles. The molecule has 35 heavy (non-hydrogen) atoms. The van der Waals surface area contributed by atoms with Crippen LogP contribution in [0.3, 0.4) is 0 Å². The van der Waals surface area contributed by atoms with Gasteiger partial charge in [0.05, 0.1) is 23.6 Å². The summed E-state index contributed by atoms with van der Waals surface area (Å²) in [5.41, 5.74) is 3.84. The van der Waals surface area contributed by atoms with Gasteiger partial charge in [0.25, 0.3) is 0 Å². The second-order valence-corrected chi connectivity index (χ2v) is 9.83. The molecule has 7 nitrogen and oxygen atoms in total. The highest BCUT2D eigenvalue weighted by molar-refractivity contribution is 6.43. The number of aliphatic hydroxyl groups is 1. The predicted molar refractivity (Wildman–Crippen MR) is 132 cm³/mol. The highest BCUT2D eigenvalue weighted by Gasteiger charge is 2.57. The molecule has 1 aromatic heterocycles. The molecule has 0 radical (unpaired) electrons. The summed E-state index contributed by atoms with van der Waals surface area (Å²) in [5, 5.41) is 19.8. The van der Waals surface area contributed by atoms with E-state index >= 15 is 0 Å². The van der Waals surface area contributed by atoms with Crippen molar-refractivity contribution < 1.29 is 28.8 Å². The minimum Gasteiger partial charge on any atom is -0.459 e. The highest BCUT2D eigenvalue weighted by atomic mass is 16.5. The lowest BCUT2D eigenvalue weighted by molar-refractivity contribution is -0.122. The minimum absolute atomic E-state index is 0.138. The number of furan rings is 1. The summed E-state index contributed by atoms with van der Waals surface area (Å²) in [6.45, 7) is 3.89. The second kappa shape index (κ2) is 9.61. The molecule has 0 saturated carbocycles. The maximum absolute atomic E-state index is 13.5. The van der Waals surface area contributed by atoms with Crippen LogP contribution in [0.1, 0.15) is 44.6 Å². The van der Waals surface area contributed by atoms with Crippen molar-refractivity contribution in [3.05, 3.63) is 70.7 Å². The average molecular weight is 475 g/mol. The van der Waals surface area contributed by atoms with Crippen molar-refractivity contribution in [2.75, 3.05) is 4.90 Å². The summed E-state index contributed by atoms with van der Waals surface area (Å²) >= 11 is 0. The molecule has 2 amide bonds. The highest BCUT2D eigenvalue weighted by Crippen LogP contribution is 2.51. The van der Waals surface area contributed by atoms with Crippen LogP contribution in [-0.2, 0) is 20.9 Å². The Morgan fingerprint density at radius 2 is 1.91 bits per heavy atom. The monoisotopic (exact) mass is 475 g/mol. The third-order valence-electron chi connectivity index (χ3n) is 7.49. The number of allylic oxidation sites excluding steroid dienone is 2. The van der Waals surface area contributed by atoms with Gasteiger partial charge in [0.15, 0.2) is 0 Å². The van der Waals surface area contributed by atoms with Gasteiger partial charge in [-0.2, -0.15) is 0 Å². The molecule has 4 atom stereocenters. The van der Waals surface area contributed by atoms with Gasteiger partial charge in [0.1, 0.15) is 18.1 Å². The van der Waals surface area contributed by atoms with Crippen molar-refractivity contribution in [3.63, 3.8) is 0 Å². The Morgan fingerprint density at radius 1 is 1.14 bits per heavy atom. The van der Waals surface area contributed by atoms with Gasteiger partial charge in [-0.3, -0.25) is 14.5 Å². The molecule has 2 aliphatic heterocycles. The molecular weight excluding hydrogens is 445 g/mol. The summed E-state index contributed by atoms with van der Waals surface area (Å²) in [7, 11) is -0.976. The molecule has 1 aromatic carbocycles. The van der Waals surface area contributed by atoms with Crippen molar-refractivity contribution in [1.29, 1.82) is 0 Å². The van der Waals surface area contributed by atoms with Crippen LogP contribution in [0.2, 0.25) is 6.32 Å². The second-order valence-electron chi connectivity index (χ2n) is 9.83. The van der Waals surface area contributed by atoms with Crippen LogP contribution in [0.4, 0.5) is 5.69 Å². The predicted octanol–water partition coefficient (Wildman–Crippen LogP) is 3.98. The zero-order chi connectivity index (χ0) is 24.7. The molecule has 0 bridgehead atoms. The SMILES string of the molecule is CC1=C2[C@@H](CC/C(C)=C/c3ccc(CO)o3)OB(O)C[C@@H]2[C@@H]2C(=O)N(c3ccccc3)C(=O)[C@@H]2C1. The first-order valence-corrected chi connectivity index (χ1v) is 12.2. The van der Waals surface area contributed by atoms with E-state index in [2.05, 4.69) is 0 Å². The largest absolute Gasteiger partial charge is 0.459 e. The van der Waals surface area contributed by atoms with E-state index in [4.69, 9.17) is 9.07 Å².